The van der Waals surface area contributed by atoms with Gasteiger partial charge in [-0.15, -0.1) is 0 Å². The first-order valence-corrected chi connectivity index (χ1v) is 6.15. The molecule has 0 aromatic carbocycles. The second-order valence-corrected chi connectivity index (χ2v) is 5.13. The molecule has 1 aliphatic carbocycles. The Morgan fingerprint density at radius 1 is 1.25 bits per heavy atom. The molecule has 0 fully saturated rings. The lowest BCUT2D eigenvalue weighted by Crippen LogP contribution is -1.93. The highest BCUT2D eigenvalue weighted by Crippen LogP contribution is 2.21. The Morgan fingerprint density at radius 2 is 1.94 bits per heavy atom. The zero-order valence-electron chi connectivity index (χ0n) is 11.1. The highest BCUT2D eigenvalue weighted by atomic mass is 14.7. The van der Waals surface area contributed by atoms with Crippen molar-refractivity contribution in [2.24, 2.45) is 22.7 Å². The van der Waals surface area contributed by atoms with E-state index in [1.807, 2.05) is 6.21 Å². The van der Waals surface area contributed by atoms with Crippen LogP contribution in [0.2, 0.25) is 0 Å². The van der Waals surface area contributed by atoms with E-state index in [0.29, 0.717) is 17.8 Å². The van der Waals surface area contributed by atoms with E-state index in [0.717, 1.165) is 5.70 Å². The molecule has 1 rings (SSSR count). The van der Waals surface area contributed by atoms with Crippen LogP contribution in [0.15, 0.2) is 40.6 Å². The van der Waals surface area contributed by atoms with Crippen LogP contribution < -0.4 is 0 Å². The van der Waals surface area contributed by atoms with Crippen LogP contribution in [0.3, 0.4) is 0 Å². The Labute approximate surface area is 99.7 Å². The molecule has 1 atom stereocenters. The van der Waals surface area contributed by atoms with Crippen molar-refractivity contribution in [1.29, 1.82) is 0 Å². The van der Waals surface area contributed by atoms with Gasteiger partial charge in [-0.2, -0.15) is 0 Å². The third kappa shape index (κ3) is 4.18. The summed E-state index contributed by atoms with van der Waals surface area (Å²) in [6.45, 7) is 11.0. The summed E-state index contributed by atoms with van der Waals surface area (Å²) in [7, 11) is 0. The number of allylic oxidation sites excluding steroid dienone is 5. The first-order valence-electron chi connectivity index (χ1n) is 6.15. The van der Waals surface area contributed by atoms with Gasteiger partial charge in [0.25, 0.3) is 0 Å². The second kappa shape index (κ2) is 5.83. The highest BCUT2D eigenvalue weighted by molar-refractivity contribution is 5.62. The van der Waals surface area contributed by atoms with Crippen LogP contribution >= 0.6 is 0 Å². The van der Waals surface area contributed by atoms with Crippen LogP contribution in [0, 0.1) is 17.8 Å². The van der Waals surface area contributed by atoms with Gasteiger partial charge in [-0.05, 0) is 35.5 Å². The average molecular weight is 217 g/mol. The quantitative estimate of drug-likeness (QED) is 0.622. The molecule has 88 valence electrons. The fourth-order valence-electron chi connectivity index (χ4n) is 1.55. The van der Waals surface area contributed by atoms with Crippen LogP contribution in [0.4, 0.5) is 0 Å². The van der Waals surface area contributed by atoms with E-state index < -0.39 is 0 Å². The van der Waals surface area contributed by atoms with E-state index in [1.165, 1.54) is 5.57 Å². The van der Waals surface area contributed by atoms with Crippen molar-refractivity contribution in [2.45, 2.75) is 34.6 Å². The third-order valence-electron chi connectivity index (χ3n) is 2.53. The molecule has 0 aromatic rings. The molecule has 0 amide bonds. The van der Waals surface area contributed by atoms with E-state index in [4.69, 9.17) is 0 Å². The summed E-state index contributed by atoms with van der Waals surface area (Å²) in [6.07, 6.45) is 10.8. The first kappa shape index (κ1) is 13.0. The predicted octanol–water partition coefficient (Wildman–Crippen LogP) is 4.39. The van der Waals surface area contributed by atoms with E-state index in [9.17, 15) is 0 Å². The highest BCUT2D eigenvalue weighted by Gasteiger charge is 2.06. The summed E-state index contributed by atoms with van der Waals surface area (Å²) in [5, 5.41) is 0. The number of hydrogen-bond acceptors (Lipinski definition) is 1. The Bertz CT molecular complexity index is 340. The zero-order valence-corrected chi connectivity index (χ0v) is 11.1. The Balaban J connectivity index is 2.92. The third-order valence-corrected chi connectivity index (χ3v) is 2.53. The van der Waals surface area contributed by atoms with Crippen molar-refractivity contribution in [3.8, 4) is 0 Å². The van der Waals surface area contributed by atoms with Gasteiger partial charge < -0.3 is 0 Å². The minimum absolute atomic E-state index is 0.500. The van der Waals surface area contributed by atoms with Gasteiger partial charge in [-0.25, -0.2) is 0 Å². The summed E-state index contributed by atoms with van der Waals surface area (Å²) in [4.78, 5) is 4.52. The standard InChI is InChI=1S/C15H23N/c1-11(2)10-16-15-7-6-13(5)8-14(9-15)12(3)4/h6-13H,1-5H3/t13-/m0/s1. The fourth-order valence-corrected chi connectivity index (χ4v) is 1.55. The molecule has 0 saturated carbocycles. The maximum Gasteiger partial charge on any atom is 0.0625 e. The molecule has 0 aliphatic heterocycles. The van der Waals surface area contributed by atoms with Gasteiger partial charge in [-0.1, -0.05) is 46.8 Å². The van der Waals surface area contributed by atoms with Crippen molar-refractivity contribution in [3.63, 3.8) is 0 Å². The molecular weight excluding hydrogens is 194 g/mol. The van der Waals surface area contributed by atoms with Crippen LogP contribution in [0.25, 0.3) is 0 Å². The van der Waals surface area contributed by atoms with Crippen LogP contribution in [0.5, 0.6) is 0 Å². The number of nitrogens with zero attached hydrogens (tertiary/aromatic N) is 1. The molecule has 0 aromatic heterocycles. The summed E-state index contributed by atoms with van der Waals surface area (Å²) in [6, 6.07) is 0. The molecule has 1 heteroatoms. The van der Waals surface area contributed by atoms with Crippen LogP contribution in [-0.2, 0) is 0 Å². The van der Waals surface area contributed by atoms with Gasteiger partial charge in [0.2, 0.25) is 0 Å². The largest absolute Gasteiger partial charge is 0.261 e. The first-order chi connectivity index (χ1) is 7.49. The normalized spacial score (nSPS) is 21.6. The predicted molar refractivity (Wildman–Crippen MR) is 72.6 cm³/mol. The van der Waals surface area contributed by atoms with E-state index in [2.05, 4.69) is 63.9 Å². The number of rotatable bonds is 3. The zero-order chi connectivity index (χ0) is 12.1. The summed E-state index contributed by atoms with van der Waals surface area (Å²) in [5.41, 5.74) is 2.45. The van der Waals surface area contributed by atoms with Gasteiger partial charge in [0.1, 0.15) is 0 Å². The van der Waals surface area contributed by atoms with Crippen LogP contribution in [-0.4, -0.2) is 6.21 Å². The molecular formula is C15H23N. The lowest BCUT2D eigenvalue weighted by Gasteiger charge is -2.07. The van der Waals surface area contributed by atoms with Gasteiger partial charge in [0.15, 0.2) is 0 Å². The maximum absolute atomic E-state index is 4.52. The smallest absolute Gasteiger partial charge is 0.0625 e. The van der Waals surface area contributed by atoms with Gasteiger partial charge >= 0.3 is 0 Å². The summed E-state index contributed by atoms with van der Waals surface area (Å²) >= 11 is 0. The topological polar surface area (TPSA) is 12.4 Å². The molecule has 0 spiro atoms. The average Bonchev–Trinajstić information content (AvgIpc) is 2.37. The van der Waals surface area contributed by atoms with E-state index in [-0.39, 0.29) is 0 Å². The molecule has 0 bridgehead atoms. The minimum atomic E-state index is 0.500. The summed E-state index contributed by atoms with van der Waals surface area (Å²) < 4.78 is 0. The van der Waals surface area contributed by atoms with Crippen molar-refractivity contribution >= 4 is 6.21 Å². The Hall–Kier alpha value is -1.11. The van der Waals surface area contributed by atoms with E-state index >= 15 is 0 Å². The molecule has 0 heterocycles. The Morgan fingerprint density at radius 3 is 2.50 bits per heavy atom. The molecule has 16 heavy (non-hydrogen) atoms. The molecule has 1 aliphatic rings. The van der Waals surface area contributed by atoms with Crippen molar-refractivity contribution in [1.82, 2.24) is 0 Å². The van der Waals surface area contributed by atoms with Crippen molar-refractivity contribution in [3.05, 3.63) is 35.6 Å². The van der Waals surface area contributed by atoms with E-state index in [1.54, 1.807) is 0 Å². The molecule has 0 N–H and O–H groups in total. The van der Waals surface area contributed by atoms with Crippen LogP contribution in [0.1, 0.15) is 34.6 Å². The van der Waals surface area contributed by atoms with Crippen molar-refractivity contribution in [2.75, 3.05) is 0 Å². The molecule has 1 nitrogen and oxygen atoms in total. The molecule has 0 radical (unpaired) electrons. The number of aliphatic imine (C=N–C) groups is 1. The maximum atomic E-state index is 4.52. The molecule has 0 saturated heterocycles. The lowest BCUT2D eigenvalue weighted by molar-refractivity contribution is 0.772. The second-order valence-electron chi connectivity index (χ2n) is 5.13. The lowest BCUT2D eigenvalue weighted by atomic mass is 9.99. The SMILES string of the molecule is CC(C)C=NC1=CC(C(C)C)=C[C@@H](C)C=C1. The Kier molecular flexibility index (Phi) is 4.72. The molecule has 0 unspecified atom stereocenters. The number of hydrogen-bond donors (Lipinski definition) is 0. The monoisotopic (exact) mass is 217 g/mol. The van der Waals surface area contributed by atoms with Gasteiger partial charge in [0, 0.05) is 6.21 Å². The van der Waals surface area contributed by atoms with Gasteiger partial charge in [-0.3, -0.25) is 4.99 Å². The van der Waals surface area contributed by atoms with Crippen molar-refractivity contribution < 1.29 is 0 Å². The summed E-state index contributed by atoms with van der Waals surface area (Å²) in [5.74, 6) is 1.56. The minimum Gasteiger partial charge on any atom is -0.261 e. The fraction of sp³-hybridized carbons (Fsp3) is 0.533. The van der Waals surface area contributed by atoms with Gasteiger partial charge in [0.05, 0.1) is 5.70 Å².